The van der Waals surface area contributed by atoms with Crippen molar-refractivity contribution in [3.63, 3.8) is 0 Å². The number of aryl methyl sites for hydroxylation is 2. The van der Waals surface area contributed by atoms with Gasteiger partial charge in [0.15, 0.2) is 0 Å². The molecule has 1 fully saturated rings. The topological polar surface area (TPSA) is 63.1 Å². The first kappa shape index (κ1) is 16.6. The average Bonchev–Trinajstić information content (AvgIpc) is 3.20. The highest BCUT2D eigenvalue weighted by molar-refractivity contribution is 5.75. The number of nitrogens with one attached hydrogen (secondary N) is 1. The van der Waals surface area contributed by atoms with Crippen molar-refractivity contribution in [1.82, 2.24) is 25.0 Å². The standard InChI is InChI=1S/C18H25N5O/c1-14-3-4-17(15(2)7-14)10-22-6-5-16(9-22)8-20-18(24)11-23-13-19-12-21-23/h3-4,7,12-13,16H,5-6,8-11H2,1-2H3,(H,20,24)/t16-/m0/s1. The normalized spacial score (nSPS) is 18.0. The molecule has 128 valence electrons. The summed E-state index contributed by atoms with van der Waals surface area (Å²) in [7, 11) is 0. The number of benzene rings is 1. The number of hydrogen-bond acceptors (Lipinski definition) is 4. The summed E-state index contributed by atoms with van der Waals surface area (Å²) in [6, 6.07) is 6.66. The second-order valence-corrected chi connectivity index (χ2v) is 6.72. The molecule has 0 bridgehead atoms. The number of carbonyl (C=O) groups excluding carboxylic acids is 1. The number of aromatic nitrogens is 3. The summed E-state index contributed by atoms with van der Waals surface area (Å²) in [6.45, 7) is 8.41. The van der Waals surface area contributed by atoms with E-state index in [-0.39, 0.29) is 12.5 Å². The van der Waals surface area contributed by atoms with Gasteiger partial charge in [0.1, 0.15) is 19.2 Å². The van der Waals surface area contributed by atoms with E-state index < -0.39 is 0 Å². The van der Waals surface area contributed by atoms with Crippen LogP contribution >= 0.6 is 0 Å². The molecule has 6 nitrogen and oxygen atoms in total. The van der Waals surface area contributed by atoms with E-state index in [1.54, 1.807) is 6.33 Å². The van der Waals surface area contributed by atoms with Crippen LogP contribution in [0.4, 0.5) is 0 Å². The number of carbonyl (C=O) groups is 1. The van der Waals surface area contributed by atoms with Crippen LogP contribution in [0, 0.1) is 19.8 Å². The fraction of sp³-hybridized carbons (Fsp3) is 0.500. The van der Waals surface area contributed by atoms with Gasteiger partial charge in [0.05, 0.1) is 0 Å². The molecule has 24 heavy (non-hydrogen) atoms. The first-order chi connectivity index (χ1) is 11.6. The van der Waals surface area contributed by atoms with E-state index in [2.05, 4.69) is 52.3 Å². The van der Waals surface area contributed by atoms with Gasteiger partial charge < -0.3 is 5.32 Å². The minimum absolute atomic E-state index is 0.00618. The summed E-state index contributed by atoms with van der Waals surface area (Å²) >= 11 is 0. The summed E-state index contributed by atoms with van der Waals surface area (Å²) in [5.74, 6) is 0.517. The Kier molecular flexibility index (Phi) is 5.25. The van der Waals surface area contributed by atoms with Gasteiger partial charge in [-0.3, -0.25) is 9.69 Å². The van der Waals surface area contributed by atoms with Gasteiger partial charge in [-0.15, -0.1) is 0 Å². The van der Waals surface area contributed by atoms with Crippen molar-refractivity contribution < 1.29 is 4.79 Å². The van der Waals surface area contributed by atoms with Crippen LogP contribution in [0.2, 0.25) is 0 Å². The van der Waals surface area contributed by atoms with Crippen molar-refractivity contribution in [3.8, 4) is 0 Å². The van der Waals surface area contributed by atoms with Crippen LogP contribution < -0.4 is 5.32 Å². The van der Waals surface area contributed by atoms with E-state index in [4.69, 9.17) is 0 Å². The number of nitrogens with zero attached hydrogens (tertiary/aromatic N) is 4. The van der Waals surface area contributed by atoms with Crippen LogP contribution in [0.25, 0.3) is 0 Å². The van der Waals surface area contributed by atoms with Gasteiger partial charge in [-0.2, -0.15) is 5.10 Å². The van der Waals surface area contributed by atoms with Crippen LogP contribution in [-0.2, 0) is 17.9 Å². The van der Waals surface area contributed by atoms with Crippen LogP contribution in [0.15, 0.2) is 30.9 Å². The summed E-state index contributed by atoms with van der Waals surface area (Å²) in [6.07, 6.45) is 4.13. The lowest BCUT2D eigenvalue weighted by Gasteiger charge is -2.18. The van der Waals surface area contributed by atoms with Crippen molar-refractivity contribution in [2.75, 3.05) is 19.6 Å². The van der Waals surface area contributed by atoms with Crippen molar-refractivity contribution in [1.29, 1.82) is 0 Å². The maximum absolute atomic E-state index is 11.9. The Morgan fingerprint density at radius 1 is 1.38 bits per heavy atom. The summed E-state index contributed by atoms with van der Waals surface area (Å²) in [5, 5.41) is 6.96. The number of likely N-dealkylation sites (tertiary alicyclic amines) is 1. The number of amides is 1. The highest BCUT2D eigenvalue weighted by Gasteiger charge is 2.23. The second kappa shape index (κ2) is 7.57. The largest absolute Gasteiger partial charge is 0.354 e. The molecule has 0 unspecified atom stereocenters. The highest BCUT2D eigenvalue weighted by atomic mass is 16.2. The van der Waals surface area contributed by atoms with Crippen LogP contribution in [0.1, 0.15) is 23.1 Å². The summed E-state index contributed by atoms with van der Waals surface area (Å²) in [5.41, 5.74) is 4.07. The van der Waals surface area contributed by atoms with Gasteiger partial charge in [0, 0.05) is 19.6 Å². The molecule has 1 N–H and O–H groups in total. The third-order valence-electron chi connectivity index (χ3n) is 4.62. The number of hydrogen-bond donors (Lipinski definition) is 1. The molecule has 0 spiro atoms. The zero-order chi connectivity index (χ0) is 16.9. The van der Waals surface area contributed by atoms with E-state index in [0.717, 1.165) is 32.6 Å². The molecule has 1 aromatic carbocycles. The van der Waals surface area contributed by atoms with Gasteiger partial charge in [0.25, 0.3) is 0 Å². The lowest BCUT2D eigenvalue weighted by Crippen LogP contribution is -2.33. The van der Waals surface area contributed by atoms with Crippen LogP contribution in [0.3, 0.4) is 0 Å². The molecule has 2 aromatic rings. The Morgan fingerprint density at radius 3 is 3.00 bits per heavy atom. The SMILES string of the molecule is Cc1ccc(CN2CC[C@@H](CNC(=O)Cn3cncn3)C2)c(C)c1. The van der Waals surface area contributed by atoms with Crippen LogP contribution in [-0.4, -0.2) is 45.2 Å². The van der Waals surface area contributed by atoms with E-state index >= 15 is 0 Å². The number of rotatable bonds is 6. The Balaban J connectivity index is 1.43. The molecule has 0 radical (unpaired) electrons. The molecule has 0 saturated carbocycles. The first-order valence-corrected chi connectivity index (χ1v) is 8.48. The van der Waals surface area contributed by atoms with E-state index in [1.165, 1.54) is 27.7 Å². The maximum atomic E-state index is 11.9. The Morgan fingerprint density at radius 2 is 2.25 bits per heavy atom. The van der Waals surface area contributed by atoms with E-state index in [9.17, 15) is 4.79 Å². The van der Waals surface area contributed by atoms with Gasteiger partial charge in [0.2, 0.25) is 5.91 Å². The third kappa shape index (κ3) is 4.41. The van der Waals surface area contributed by atoms with Crippen LogP contribution in [0.5, 0.6) is 0 Å². The zero-order valence-electron chi connectivity index (χ0n) is 14.4. The van der Waals surface area contributed by atoms with Gasteiger partial charge in [-0.25, -0.2) is 9.67 Å². The molecule has 1 atom stereocenters. The minimum atomic E-state index is -0.00618. The van der Waals surface area contributed by atoms with E-state index in [0.29, 0.717) is 5.92 Å². The molecular formula is C18H25N5O. The summed E-state index contributed by atoms with van der Waals surface area (Å²) in [4.78, 5) is 18.2. The van der Waals surface area contributed by atoms with Gasteiger partial charge >= 0.3 is 0 Å². The highest BCUT2D eigenvalue weighted by Crippen LogP contribution is 2.20. The quantitative estimate of drug-likeness (QED) is 0.874. The fourth-order valence-electron chi connectivity index (χ4n) is 3.26. The molecule has 3 rings (SSSR count). The minimum Gasteiger partial charge on any atom is -0.354 e. The monoisotopic (exact) mass is 327 g/mol. The molecule has 6 heteroatoms. The Hall–Kier alpha value is -2.21. The molecular weight excluding hydrogens is 302 g/mol. The summed E-state index contributed by atoms with van der Waals surface area (Å²) < 4.78 is 1.54. The van der Waals surface area contributed by atoms with Gasteiger partial charge in [-0.05, 0) is 43.9 Å². The van der Waals surface area contributed by atoms with Crippen molar-refractivity contribution in [2.45, 2.75) is 33.4 Å². The molecule has 1 aliphatic rings. The van der Waals surface area contributed by atoms with Crippen molar-refractivity contribution in [3.05, 3.63) is 47.5 Å². The Bertz CT molecular complexity index is 683. The molecule has 1 aliphatic heterocycles. The lowest BCUT2D eigenvalue weighted by atomic mass is 10.1. The molecule has 2 heterocycles. The van der Waals surface area contributed by atoms with Crippen molar-refractivity contribution in [2.24, 2.45) is 5.92 Å². The van der Waals surface area contributed by atoms with Crippen molar-refractivity contribution >= 4 is 5.91 Å². The first-order valence-electron chi connectivity index (χ1n) is 8.48. The third-order valence-corrected chi connectivity index (χ3v) is 4.62. The molecule has 1 aromatic heterocycles. The Labute approximate surface area is 142 Å². The predicted molar refractivity (Wildman–Crippen MR) is 92.3 cm³/mol. The average molecular weight is 327 g/mol. The maximum Gasteiger partial charge on any atom is 0.241 e. The van der Waals surface area contributed by atoms with Gasteiger partial charge in [-0.1, -0.05) is 23.8 Å². The fourth-order valence-corrected chi connectivity index (χ4v) is 3.26. The molecule has 0 aliphatic carbocycles. The zero-order valence-corrected chi connectivity index (χ0v) is 14.4. The molecule has 1 saturated heterocycles. The van der Waals surface area contributed by atoms with E-state index in [1.807, 2.05) is 0 Å². The second-order valence-electron chi connectivity index (χ2n) is 6.72. The smallest absolute Gasteiger partial charge is 0.241 e. The lowest BCUT2D eigenvalue weighted by molar-refractivity contribution is -0.122. The predicted octanol–water partition coefficient (Wildman–Crippen LogP) is 1.53. The molecule has 1 amide bonds.